The zero-order chi connectivity index (χ0) is 13.0. The summed E-state index contributed by atoms with van der Waals surface area (Å²) in [6.07, 6.45) is 1.38. The molecule has 1 aromatic carbocycles. The van der Waals surface area contributed by atoms with Gasteiger partial charge in [-0.3, -0.25) is 4.79 Å². The predicted octanol–water partition coefficient (Wildman–Crippen LogP) is 2.09. The van der Waals surface area contributed by atoms with Crippen molar-refractivity contribution in [3.63, 3.8) is 0 Å². The molecule has 0 fully saturated rings. The summed E-state index contributed by atoms with van der Waals surface area (Å²) in [4.78, 5) is 11.4. The highest BCUT2D eigenvalue weighted by atomic mass is 16.5. The van der Waals surface area contributed by atoms with Crippen LogP contribution in [0.15, 0.2) is 18.2 Å². The van der Waals surface area contributed by atoms with Crippen LogP contribution in [0.1, 0.15) is 31.2 Å². The molecule has 1 aliphatic rings. The van der Waals surface area contributed by atoms with Gasteiger partial charge in [0.2, 0.25) is 5.91 Å². The summed E-state index contributed by atoms with van der Waals surface area (Å²) in [6.45, 7) is 3.41. The Morgan fingerprint density at radius 2 is 2.06 bits per heavy atom. The third kappa shape index (κ3) is 2.94. The van der Waals surface area contributed by atoms with Crippen molar-refractivity contribution in [2.75, 3.05) is 20.3 Å². The van der Waals surface area contributed by atoms with Crippen LogP contribution in [0.5, 0.6) is 11.5 Å². The van der Waals surface area contributed by atoms with Gasteiger partial charge < -0.3 is 14.8 Å². The van der Waals surface area contributed by atoms with Crippen LogP contribution >= 0.6 is 0 Å². The smallest absolute Gasteiger partial charge is 0.220 e. The van der Waals surface area contributed by atoms with E-state index in [1.54, 1.807) is 7.05 Å². The van der Waals surface area contributed by atoms with Crippen LogP contribution in [0.25, 0.3) is 0 Å². The van der Waals surface area contributed by atoms with E-state index in [9.17, 15) is 4.79 Å². The fourth-order valence-electron chi connectivity index (χ4n) is 1.98. The van der Waals surface area contributed by atoms with E-state index >= 15 is 0 Å². The first-order chi connectivity index (χ1) is 8.70. The molecule has 0 bridgehead atoms. The molecule has 1 aromatic rings. The highest BCUT2D eigenvalue weighted by molar-refractivity contribution is 5.76. The van der Waals surface area contributed by atoms with Crippen molar-refractivity contribution in [2.24, 2.45) is 0 Å². The molecule has 0 radical (unpaired) electrons. The molecule has 1 unspecified atom stereocenters. The van der Waals surface area contributed by atoms with Crippen LogP contribution in [-0.2, 0) is 4.79 Å². The lowest BCUT2D eigenvalue weighted by Gasteiger charge is -2.14. The molecule has 1 N–H and O–H groups in total. The number of carbonyl (C=O) groups is 1. The Hall–Kier alpha value is -1.71. The summed E-state index contributed by atoms with van der Waals surface area (Å²) in [5.74, 6) is 1.80. The SMILES string of the molecule is CNC(=O)CC(C)c1ccc2c(c1)OCCCO2. The van der Waals surface area contributed by atoms with Gasteiger partial charge in [-0.2, -0.15) is 0 Å². The first-order valence-electron chi connectivity index (χ1n) is 6.31. The van der Waals surface area contributed by atoms with Crippen molar-refractivity contribution in [2.45, 2.75) is 25.7 Å². The van der Waals surface area contributed by atoms with Crippen molar-refractivity contribution < 1.29 is 14.3 Å². The van der Waals surface area contributed by atoms with E-state index in [0.29, 0.717) is 19.6 Å². The number of rotatable bonds is 3. The lowest BCUT2D eigenvalue weighted by atomic mass is 9.97. The monoisotopic (exact) mass is 249 g/mol. The first kappa shape index (κ1) is 12.7. The van der Waals surface area contributed by atoms with Gasteiger partial charge in [0.1, 0.15) is 0 Å². The van der Waals surface area contributed by atoms with E-state index in [2.05, 4.69) is 5.32 Å². The van der Waals surface area contributed by atoms with Crippen molar-refractivity contribution >= 4 is 5.91 Å². The molecule has 0 aromatic heterocycles. The quantitative estimate of drug-likeness (QED) is 0.892. The second kappa shape index (κ2) is 5.76. The van der Waals surface area contributed by atoms with Gasteiger partial charge >= 0.3 is 0 Å². The molecule has 0 spiro atoms. The summed E-state index contributed by atoms with van der Waals surface area (Å²) < 4.78 is 11.2. The molecule has 4 heteroatoms. The minimum atomic E-state index is 0.0506. The van der Waals surface area contributed by atoms with E-state index < -0.39 is 0 Å². The van der Waals surface area contributed by atoms with Gasteiger partial charge in [0.15, 0.2) is 11.5 Å². The second-order valence-corrected chi connectivity index (χ2v) is 4.53. The molecular weight excluding hydrogens is 230 g/mol. The number of hydrogen-bond donors (Lipinski definition) is 1. The van der Waals surface area contributed by atoms with Crippen molar-refractivity contribution in [3.8, 4) is 11.5 Å². The fraction of sp³-hybridized carbons (Fsp3) is 0.500. The molecule has 0 aliphatic carbocycles. The molecule has 2 rings (SSSR count). The lowest BCUT2D eigenvalue weighted by Crippen LogP contribution is -2.19. The average molecular weight is 249 g/mol. The molecule has 1 aliphatic heterocycles. The Labute approximate surface area is 107 Å². The van der Waals surface area contributed by atoms with Gasteiger partial charge in [0.05, 0.1) is 13.2 Å². The van der Waals surface area contributed by atoms with Crippen LogP contribution in [0, 0.1) is 0 Å². The molecule has 0 saturated heterocycles. The summed E-state index contributed by atoms with van der Waals surface area (Å²) in [5.41, 5.74) is 1.10. The summed E-state index contributed by atoms with van der Waals surface area (Å²) in [6, 6.07) is 5.91. The number of amides is 1. The van der Waals surface area contributed by atoms with E-state index in [1.165, 1.54) is 0 Å². The van der Waals surface area contributed by atoms with Gasteiger partial charge in [0, 0.05) is 19.9 Å². The number of nitrogens with one attached hydrogen (secondary N) is 1. The van der Waals surface area contributed by atoms with Crippen LogP contribution in [-0.4, -0.2) is 26.2 Å². The maximum absolute atomic E-state index is 11.4. The molecule has 0 saturated carbocycles. The third-order valence-corrected chi connectivity index (χ3v) is 3.11. The Morgan fingerprint density at radius 3 is 2.78 bits per heavy atom. The Morgan fingerprint density at radius 1 is 1.33 bits per heavy atom. The van der Waals surface area contributed by atoms with Crippen LogP contribution in [0.2, 0.25) is 0 Å². The molecule has 1 amide bonds. The van der Waals surface area contributed by atoms with Gasteiger partial charge in [-0.25, -0.2) is 0 Å². The number of carbonyl (C=O) groups excluding carboxylic acids is 1. The normalized spacial score (nSPS) is 15.7. The third-order valence-electron chi connectivity index (χ3n) is 3.11. The number of fused-ring (bicyclic) bond motifs is 1. The van der Waals surface area contributed by atoms with E-state index in [0.717, 1.165) is 23.5 Å². The maximum atomic E-state index is 11.4. The first-order valence-corrected chi connectivity index (χ1v) is 6.31. The predicted molar refractivity (Wildman–Crippen MR) is 69.1 cm³/mol. The minimum absolute atomic E-state index is 0.0506. The molecule has 1 heterocycles. The standard InChI is InChI=1S/C14H19NO3/c1-10(8-14(16)15-2)11-4-5-12-13(9-11)18-7-3-6-17-12/h4-5,9-10H,3,6-8H2,1-2H3,(H,15,16). The van der Waals surface area contributed by atoms with Crippen molar-refractivity contribution in [1.29, 1.82) is 0 Å². The largest absolute Gasteiger partial charge is 0.490 e. The van der Waals surface area contributed by atoms with E-state index in [-0.39, 0.29) is 11.8 Å². The number of ether oxygens (including phenoxy) is 2. The number of benzene rings is 1. The van der Waals surface area contributed by atoms with Crippen molar-refractivity contribution in [3.05, 3.63) is 23.8 Å². The van der Waals surface area contributed by atoms with E-state index in [4.69, 9.17) is 9.47 Å². The van der Waals surface area contributed by atoms with Gasteiger partial charge in [-0.15, -0.1) is 0 Å². The van der Waals surface area contributed by atoms with Crippen LogP contribution in [0.4, 0.5) is 0 Å². The lowest BCUT2D eigenvalue weighted by molar-refractivity contribution is -0.120. The van der Waals surface area contributed by atoms with Crippen LogP contribution in [0.3, 0.4) is 0 Å². The topological polar surface area (TPSA) is 47.6 Å². The Balaban J connectivity index is 2.14. The Bertz CT molecular complexity index is 431. The average Bonchev–Trinajstić information content (AvgIpc) is 2.62. The summed E-state index contributed by atoms with van der Waals surface area (Å²) in [5, 5.41) is 2.64. The van der Waals surface area contributed by atoms with Crippen molar-refractivity contribution in [1.82, 2.24) is 5.32 Å². The summed E-state index contributed by atoms with van der Waals surface area (Å²) >= 11 is 0. The fourth-order valence-corrected chi connectivity index (χ4v) is 1.98. The minimum Gasteiger partial charge on any atom is -0.490 e. The van der Waals surface area contributed by atoms with Gasteiger partial charge in [-0.1, -0.05) is 13.0 Å². The van der Waals surface area contributed by atoms with Gasteiger partial charge in [0.25, 0.3) is 0 Å². The van der Waals surface area contributed by atoms with E-state index in [1.807, 2.05) is 25.1 Å². The zero-order valence-corrected chi connectivity index (χ0v) is 10.9. The maximum Gasteiger partial charge on any atom is 0.220 e. The molecule has 1 atom stereocenters. The molecule has 18 heavy (non-hydrogen) atoms. The number of hydrogen-bond acceptors (Lipinski definition) is 3. The Kier molecular flexibility index (Phi) is 4.07. The highest BCUT2D eigenvalue weighted by Crippen LogP contribution is 2.33. The van der Waals surface area contributed by atoms with Crippen LogP contribution < -0.4 is 14.8 Å². The zero-order valence-electron chi connectivity index (χ0n) is 10.9. The summed E-state index contributed by atoms with van der Waals surface area (Å²) in [7, 11) is 1.66. The molecule has 98 valence electrons. The molecular formula is C14H19NO3. The molecule has 4 nitrogen and oxygen atoms in total. The van der Waals surface area contributed by atoms with Gasteiger partial charge in [-0.05, 0) is 23.6 Å². The highest BCUT2D eigenvalue weighted by Gasteiger charge is 2.15. The second-order valence-electron chi connectivity index (χ2n) is 4.53.